The largest absolute Gasteiger partial charge is 0.455 e. The van der Waals surface area contributed by atoms with Gasteiger partial charge in [-0.05, 0) is 54.2 Å². The van der Waals surface area contributed by atoms with Gasteiger partial charge >= 0.3 is 0 Å². The molecular formula is C29H27NO. The quantitative estimate of drug-likeness (QED) is 0.284. The maximum atomic E-state index is 6.38. The summed E-state index contributed by atoms with van der Waals surface area (Å²) in [5.41, 5.74) is 9.05. The van der Waals surface area contributed by atoms with Gasteiger partial charge in [-0.2, -0.15) is 0 Å². The topological polar surface area (TPSA) is 26.0 Å². The highest BCUT2D eigenvalue weighted by atomic mass is 16.3. The molecule has 2 nitrogen and oxygen atoms in total. The molecule has 0 atom stereocenters. The number of benzene rings is 3. The summed E-state index contributed by atoms with van der Waals surface area (Å²) >= 11 is 0. The first-order chi connectivity index (χ1) is 15.3. The maximum Gasteiger partial charge on any atom is 0.145 e. The van der Waals surface area contributed by atoms with Crippen molar-refractivity contribution in [1.82, 2.24) is 4.98 Å². The summed E-state index contributed by atoms with van der Waals surface area (Å²) in [7, 11) is 0. The molecule has 0 unspecified atom stereocenters. The Balaban J connectivity index is 1.71. The number of rotatable bonds is 6. The van der Waals surface area contributed by atoms with Crippen molar-refractivity contribution < 1.29 is 4.42 Å². The Morgan fingerprint density at radius 3 is 2.42 bits per heavy atom. The number of aryl methyl sites for hydroxylation is 2. The van der Waals surface area contributed by atoms with Crippen LogP contribution in [-0.2, 0) is 12.8 Å². The molecule has 5 rings (SSSR count). The second-order valence-electron chi connectivity index (χ2n) is 8.12. The molecule has 3 aromatic carbocycles. The Labute approximate surface area is 183 Å². The lowest BCUT2D eigenvalue weighted by atomic mass is 9.95. The van der Waals surface area contributed by atoms with Gasteiger partial charge in [0.2, 0.25) is 0 Å². The average molecular weight is 406 g/mol. The summed E-state index contributed by atoms with van der Waals surface area (Å²) < 4.78 is 6.38. The molecule has 2 heterocycles. The first kappa shape index (κ1) is 19.6. The predicted molar refractivity (Wildman–Crippen MR) is 130 cm³/mol. The van der Waals surface area contributed by atoms with Crippen molar-refractivity contribution in [3.63, 3.8) is 0 Å². The van der Waals surface area contributed by atoms with Crippen molar-refractivity contribution in [3.05, 3.63) is 90.1 Å². The number of hydrogen-bond donors (Lipinski definition) is 0. The van der Waals surface area contributed by atoms with Crippen LogP contribution in [0.1, 0.15) is 37.8 Å². The van der Waals surface area contributed by atoms with Crippen LogP contribution in [-0.4, -0.2) is 4.98 Å². The fourth-order valence-corrected chi connectivity index (χ4v) is 4.49. The highest BCUT2D eigenvalue weighted by Crippen LogP contribution is 2.38. The van der Waals surface area contributed by atoms with Gasteiger partial charge in [0.15, 0.2) is 0 Å². The van der Waals surface area contributed by atoms with Gasteiger partial charge in [-0.3, -0.25) is 4.98 Å². The van der Waals surface area contributed by atoms with Gasteiger partial charge in [-0.15, -0.1) is 0 Å². The monoisotopic (exact) mass is 405 g/mol. The van der Waals surface area contributed by atoms with Gasteiger partial charge in [0.1, 0.15) is 11.2 Å². The minimum atomic E-state index is 0.937. The molecule has 0 amide bonds. The van der Waals surface area contributed by atoms with Crippen LogP contribution in [0.15, 0.2) is 83.4 Å². The number of para-hydroxylation sites is 1. The lowest BCUT2D eigenvalue weighted by Gasteiger charge is -2.12. The third-order valence-electron chi connectivity index (χ3n) is 6.14. The van der Waals surface area contributed by atoms with Crippen molar-refractivity contribution in [3.8, 4) is 22.4 Å². The van der Waals surface area contributed by atoms with E-state index in [1.807, 2.05) is 12.3 Å². The van der Waals surface area contributed by atoms with Crippen LogP contribution in [0.4, 0.5) is 0 Å². The third-order valence-corrected chi connectivity index (χ3v) is 6.14. The van der Waals surface area contributed by atoms with E-state index in [9.17, 15) is 0 Å². The molecule has 0 spiro atoms. The van der Waals surface area contributed by atoms with Crippen molar-refractivity contribution in [2.45, 2.75) is 39.5 Å². The minimum Gasteiger partial charge on any atom is -0.455 e. The molecule has 0 aliphatic heterocycles. The molecule has 0 radical (unpaired) electrons. The van der Waals surface area contributed by atoms with Gasteiger partial charge in [0.25, 0.3) is 0 Å². The summed E-state index contributed by atoms with van der Waals surface area (Å²) in [6.45, 7) is 4.44. The average Bonchev–Trinajstić information content (AvgIpc) is 3.22. The lowest BCUT2D eigenvalue weighted by Crippen LogP contribution is -1.95. The SMILES string of the molecule is CCCCc1cc(-c2ccc(CC)c3c2oc2ccccc23)ncc1-c1ccccc1. The smallest absolute Gasteiger partial charge is 0.145 e. The molecule has 0 fully saturated rings. The third kappa shape index (κ3) is 3.53. The minimum absolute atomic E-state index is 0.937. The molecule has 0 aliphatic rings. The van der Waals surface area contributed by atoms with Crippen molar-refractivity contribution in [2.24, 2.45) is 0 Å². The van der Waals surface area contributed by atoms with Crippen molar-refractivity contribution in [2.75, 3.05) is 0 Å². The van der Waals surface area contributed by atoms with E-state index in [0.29, 0.717) is 0 Å². The van der Waals surface area contributed by atoms with E-state index in [-0.39, 0.29) is 0 Å². The van der Waals surface area contributed by atoms with Crippen LogP contribution >= 0.6 is 0 Å². The van der Waals surface area contributed by atoms with Crippen molar-refractivity contribution in [1.29, 1.82) is 0 Å². The van der Waals surface area contributed by atoms with Gasteiger partial charge in [0.05, 0.1) is 5.69 Å². The molecule has 2 aromatic heterocycles. The Bertz CT molecular complexity index is 1350. The standard InChI is InChI=1S/C29H27NO/c1-3-5-11-22-18-26(30-19-25(22)21-12-7-6-8-13-21)23-17-16-20(4-2)28-24-14-9-10-15-27(24)31-29(23)28/h6-10,12-19H,3-5,11H2,1-2H3. The molecule has 154 valence electrons. The number of furan rings is 1. The van der Waals surface area contributed by atoms with E-state index in [2.05, 4.69) is 80.6 Å². The Morgan fingerprint density at radius 2 is 1.61 bits per heavy atom. The number of aromatic nitrogens is 1. The molecule has 0 saturated heterocycles. The molecule has 0 N–H and O–H groups in total. The normalized spacial score (nSPS) is 11.4. The van der Waals surface area contributed by atoms with E-state index in [0.717, 1.165) is 41.7 Å². The number of nitrogens with zero attached hydrogens (tertiary/aromatic N) is 1. The highest BCUT2D eigenvalue weighted by Gasteiger charge is 2.17. The Kier molecular flexibility index (Phi) is 5.30. The number of pyridine rings is 1. The molecule has 31 heavy (non-hydrogen) atoms. The van der Waals surface area contributed by atoms with Crippen molar-refractivity contribution >= 4 is 21.9 Å². The molecule has 5 aromatic rings. The summed E-state index contributed by atoms with van der Waals surface area (Å²) in [6.07, 6.45) is 6.40. The predicted octanol–water partition coefficient (Wildman–Crippen LogP) is 8.22. The molecular weight excluding hydrogens is 378 g/mol. The van der Waals surface area contributed by atoms with Crippen LogP contribution < -0.4 is 0 Å². The Morgan fingerprint density at radius 1 is 0.806 bits per heavy atom. The zero-order valence-electron chi connectivity index (χ0n) is 18.2. The molecule has 0 saturated carbocycles. The van der Waals surface area contributed by atoms with E-state index < -0.39 is 0 Å². The first-order valence-electron chi connectivity index (χ1n) is 11.3. The second kappa shape index (κ2) is 8.39. The van der Waals surface area contributed by atoms with Crippen LogP contribution in [0, 0.1) is 0 Å². The number of hydrogen-bond acceptors (Lipinski definition) is 2. The maximum absolute atomic E-state index is 6.38. The van der Waals surface area contributed by atoms with Crippen LogP contribution in [0.2, 0.25) is 0 Å². The van der Waals surface area contributed by atoms with Crippen LogP contribution in [0.5, 0.6) is 0 Å². The van der Waals surface area contributed by atoms with E-state index in [4.69, 9.17) is 9.40 Å². The fourth-order valence-electron chi connectivity index (χ4n) is 4.49. The second-order valence-corrected chi connectivity index (χ2v) is 8.12. The summed E-state index contributed by atoms with van der Waals surface area (Å²) in [6, 6.07) is 25.6. The molecule has 0 aliphatic carbocycles. The van der Waals surface area contributed by atoms with E-state index >= 15 is 0 Å². The van der Waals surface area contributed by atoms with E-state index in [1.54, 1.807) is 0 Å². The summed E-state index contributed by atoms with van der Waals surface area (Å²) in [5, 5.41) is 2.41. The molecule has 0 bridgehead atoms. The fraction of sp³-hybridized carbons (Fsp3) is 0.207. The van der Waals surface area contributed by atoms with E-state index in [1.165, 1.54) is 39.4 Å². The number of unbranched alkanes of at least 4 members (excludes halogenated alkanes) is 1. The Hall–Kier alpha value is -3.39. The number of fused-ring (bicyclic) bond motifs is 3. The zero-order valence-corrected chi connectivity index (χ0v) is 18.2. The zero-order chi connectivity index (χ0) is 21.2. The van der Waals surface area contributed by atoms with Crippen LogP contribution in [0.3, 0.4) is 0 Å². The van der Waals surface area contributed by atoms with Gasteiger partial charge in [-0.1, -0.05) is 74.9 Å². The van der Waals surface area contributed by atoms with Gasteiger partial charge < -0.3 is 4.42 Å². The van der Waals surface area contributed by atoms with Gasteiger partial charge in [-0.25, -0.2) is 0 Å². The highest BCUT2D eigenvalue weighted by molar-refractivity contribution is 6.11. The first-order valence-corrected chi connectivity index (χ1v) is 11.3. The van der Waals surface area contributed by atoms with Gasteiger partial charge in [0, 0.05) is 28.1 Å². The van der Waals surface area contributed by atoms with Crippen LogP contribution in [0.25, 0.3) is 44.3 Å². The summed E-state index contributed by atoms with van der Waals surface area (Å²) in [4.78, 5) is 4.91. The lowest BCUT2D eigenvalue weighted by molar-refractivity contribution is 0.669. The summed E-state index contributed by atoms with van der Waals surface area (Å²) in [5.74, 6) is 0. The molecule has 2 heteroatoms.